The SMILES string of the molecule is CN(/N=C/c1ccc(N(C)CCC#N)cc1)C(N)=S. The summed E-state index contributed by atoms with van der Waals surface area (Å²) in [6.45, 7) is 0.716. The number of nitrogens with zero attached hydrogens (tertiary/aromatic N) is 4. The Kier molecular flexibility index (Phi) is 5.76. The lowest BCUT2D eigenvalue weighted by atomic mass is 10.2. The fourth-order valence-corrected chi connectivity index (χ4v) is 1.42. The van der Waals surface area contributed by atoms with E-state index in [1.165, 1.54) is 5.01 Å². The predicted molar refractivity (Wildman–Crippen MR) is 82.1 cm³/mol. The molecule has 19 heavy (non-hydrogen) atoms. The highest BCUT2D eigenvalue weighted by molar-refractivity contribution is 7.80. The Balaban J connectivity index is 2.66. The highest BCUT2D eigenvalue weighted by Gasteiger charge is 2.00. The molecule has 5 nitrogen and oxygen atoms in total. The standard InChI is InChI=1S/C13H17N5S/c1-17(9-3-8-14)12-6-4-11(5-7-12)10-16-18(2)13(15)19/h4-7,10H,3,9H2,1-2H3,(H2,15,19)/b16-10+. The van der Waals surface area contributed by atoms with Crippen molar-refractivity contribution in [3.8, 4) is 6.07 Å². The van der Waals surface area contributed by atoms with Gasteiger partial charge >= 0.3 is 0 Å². The average Bonchev–Trinajstić information content (AvgIpc) is 2.42. The summed E-state index contributed by atoms with van der Waals surface area (Å²) < 4.78 is 0. The zero-order valence-corrected chi connectivity index (χ0v) is 11.9. The number of rotatable bonds is 5. The number of nitrogens with two attached hydrogens (primary N) is 1. The van der Waals surface area contributed by atoms with Crippen LogP contribution < -0.4 is 10.6 Å². The van der Waals surface area contributed by atoms with Gasteiger partial charge in [0.1, 0.15) is 0 Å². The van der Waals surface area contributed by atoms with Crippen molar-refractivity contribution in [2.75, 3.05) is 25.5 Å². The molecule has 0 aromatic heterocycles. The van der Waals surface area contributed by atoms with E-state index < -0.39 is 0 Å². The molecule has 1 rings (SSSR count). The molecule has 0 bridgehead atoms. The molecule has 6 heteroatoms. The van der Waals surface area contributed by atoms with Gasteiger partial charge < -0.3 is 10.6 Å². The van der Waals surface area contributed by atoms with Crippen molar-refractivity contribution < 1.29 is 0 Å². The van der Waals surface area contributed by atoms with Crippen LogP contribution >= 0.6 is 12.2 Å². The van der Waals surface area contributed by atoms with Crippen LogP contribution in [0.4, 0.5) is 5.69 Å². The molecule has 0 radical (unpaired) electrons. The fraction of sp³-hybridized carbons (Fsp3) is 0.308. The molecule has 0 amide bonds. The lowest BCUT2D eigenvalue weighted by Crippen LogP contribution is -2.27. The summed E-state index contributed by atoms with van der Waals surface area (Å²) in [6.07, 6.45) is 2.21. The second-order valence-electron chi connectivity index (χ2n) is 4.03. The van der Waals surface area contributed by atoms with Gasteiger partial charge in [-0.3, -0.25) is 0 Å². The molecule has 0 unspecified atom stereocenters. The van der Waals surface area contributed by atoms with Gasteiger partial charge in [-0.15, -0.1) is 0 Å². The van der Waals surface area contributed by atoms with Crippen molar-refractivity contribution in [3.63, 3.8) is 0 Å². The number of hydrogen-bond donors (Lipinski definition) is 1. The van der Waals surface area contributed by atoms with Crippen LogP contribution in [0.25, 0.3) is 0 Å². The maximum absolute atomic E-state index is 8.55. The van der Waals surface area contributed by atoms with Gasteiger partial charge in [0.05, 0.1) is 18.7 Å². The Bertz CT molecular complexity index is 489. The Morgan fingerprint density at radius 3 is 2.58 bits per heavy atom. The topological polar surface area (TPSA) is 68.6 Å². The Morgan fingerprint density at radius 1 is 1.42 bits per heavy atom. The molecular formula is C13H17N5S. The van der Waals surface area contributed by atoms with Crippen LogP contribution in [0.15, 0.2) is 29.4 Å². The van der Waals surface area contributed by atoms with E-state index in [4.69, 9.17) is 23.2 Å². The minimum atomic E-state index is 0.226. The van der Waals surface area contributed by atoms with Gasteiger partial charge in [0.2, 0.25) is 0 Å². The van der Waals surface area contributed by atoms with Crippen molar-refractivity contribution in [3.05, 3.63) is 29.8 Å². The summed E-state index contributed by atoms with van der Waals surface area (Å²) in [7, 11) is 3.66. The Morgan fingerprint density at radius 2 is 2.05 bits per heavy atom. The second-order valence-corrected chi connectivity index (χ2v) is 4.45. The average molecular weight is 275 g/mol. The number of hydrogen-bond acceptors (Lipinski definition) is 4. The molecule has 2 N–H and O–H groups in total. The summed E-state index contributed by atoms with van der Waals surface area (Å²) >= 11 is 4.79. The molecule has 0 aliphatic carbocycles. The molecule has 0 spiro atoms. The summed E-state index contributed by atoms with van der Waals surface area (Å²) in [5.41, 5.74) is 7.44. The molecule has 0 fully saturated rings. The van der Waals surface area contributed by atoms with Crippen LogP contribution in [0.3, 0.4) is 0 Å². The van der Waals surface area contributed by atoms with Crippen molar-refractivity contribution >= 4 is 29.2 Å². The molecule has 0 aliphatic heterocycles. The van der Waals surface area contributed by atoms with Gasteiger partial charge in [-0.25, -0.2) is 5.01 Å². The van der Waals surface area contributed by atoms with E-state index in [1.54, 1.807) is 13.3 Å². The first-order valence-corrected chi connectivity index (χ1v) is 6.20. The largest absolute Gasteiger partial charge is 0.375 e. The molecule has 0 atom stereocenters. The smallest absolute Gasteiger partial charge is 0.186 e. The first-order valence-electron chi connectivity index (χ1n) is 5.80. The number of anilines is 1. The second kappa shape index (κ2) is 7.34. The molecule has 1 aromatic carbocycles. The number of hydrazone groups is 1. The summed E-state index contributed by atoms with van der Waals surface area (Å²) in [5, 5.41) is 14.3. The van der Waals surface area contributed by atoms with Crippen molar-refractivity contribution in [1.29, 1.82) is 5.26 Å². The zero-order chi connectivity index (χ0) is 14.3. The molecule has 0 saturated carbocycles. The van der Waals surface area contributed by atoms with E-state index in [9.17, 15) is 0 Å². The van der Waals surface area contributed by atoms with Gasteiger partial charge in [0.15, 0.2) is 5.11 Å². The first kappa shape index (κ1) is 14.9. The van der Waals surface area contributed by atoms with E-state index >= 15 is 0 Å². The summed E-state index contributed by atoms with van der Waals surface area (Å²) in [6, 6.07) is 10.0. The normalized spacial score (nSPS) is 10.2. The Labute approximate surface area is 118 Å². The van der Waals surface area contributed by atoms with Gasteiger partial charge in [-0.2, -0.15) is 10.4 Å². The molecule has 1 aromatic rings. The van der Waals surface area contributed by atoms with Crippen LogP contribution in [0.5, 0.6) is 0 Å². The van der Waals surface area contributed by atoms with Gasteiger partial charge in [-0.05, 0) is 29.9 Å². The third kappa shape index (κ3) is 4.94. The lowest BCUT2D eigenvalue weighted by Gasteiger charge is -2.17. The lowest BCUT2D eigenvalue weighted by molar-refractivity contribution is 0.552. The summed E-state index contributed by atoms with van der Waals surface area (Å²) in [4.78, 5) is 2.03. The number of benzene rings is 1. The molecule has 0 heterocycles. The molecule has 0 saturated heterocycles. The van der Waals surface area contributed by atoms with E-state index in [0.717, 1.165) is 11.3 Å². The van der Waals surface area contributed by atoms with Crippen LogP contribution in [0.2, 0.25) is 0 Å². The highest BCUT2D eigenvalue weighted by Crippen LogP contribution is 2.13. The molecule has 0 aliphatic rings. The predicted octanol–water partition coefficient (Wildman–Crippen LogP) is 1.55. The van der Waals surface area contributed by atoms with E-state index in [2.05, 4.69) is 11.2 Å². The monoisotopic (exact) mass is 275 g/mol. The third-order valence-corrected chi connectivity index (χ3v) is 2.86. The maximum atomic E-state index is 8.55. The van der Waals surface area contributed by atoms with E-state index in [1.807, 2.05) is 36.2 Å². The van der Waals surface area contributed by atoms with Crippen molar-refractivity contribution in [2.24, 2.45) is 10.8 Å². The number of nitriles is 1. The van der Waals surface area contributed by atoms with Crippen LogP contribution in [0.1, 0.15) is 12.0 Å². The van der Waals surface area contributed by atoms with Gasteiger partial charge in [0.25, 0.3) is 0 Å². The number of thiocarbonyl (C=S) groups is 1. The quantitative estimate of drug-likeness (QED) is 0.501. The van der Waals surface area contributed by atoms with E-state index in [0.29, 0.717) is 13.0 Å². The fourth-order valence-electron chi connectivity index (χ4n) is 1.37. The Hall–Kier alpha value is -2.13. The van der Waals surface area contributed by atoms with Crippen LogP contribution in [-0.2, 0) is 0 Å². The van der Waals surface area contributed by atoms with Gasteiger partial charge in [-0.1, -0.05) is 12.1 Å². The first-order chi connectivity index (χ1) is 9.04. The minimum absolute atomic E-state index is 0.226. The van der Waals surface area contributed by atoms with Gasteiger partial charge in [0, 0.05) is 26.3 Å². The summed E-state index contributed by atoms with van der Waals surface area (Å²) in [5.74, 6) is 0. The molecular weight excluding hydrogens is 258 g/mol. The highest BCUT2D eigenvalue weighted by atomic mass is 32.1. The van der Waals surface area contributed by atoms with Crippen LogP contribution in [-0.4, -0.2) is 37.0 Å². The van der Waals surface area contributed by atoms with Crippen molar-refractivity contribution in [2.45, 2.75) is 6.42 Å². The minimum Gasteiger partial charge on any atom is -0.375 e. The van der Waals surface area contributed by atoms with E-state index in [-0.39, 0.29) is 5.11 Å². The van der Waals surface area contributed by atoms with Crippen LogP contribution in [0, 0.1) is 11.3 Å². The zero-order valence-electron chi connectivity index (χ0n) is 11.1. The molecule has 100 valence electrons. The maximum Gasteiger partial charge on any atom is 0.186 e. The third-order valence-electron chi connectivity index (χ3n) is 2.59. The van der Waals surface area contributed by atoms with Crippen molar-refractivity contribution in [1.82, 2.24) is 5.01 Å².